The number of phenols is 1. The number of aromatic hydroxyl groups is 1. The van der Waals surface area contributed by atoms with Crippen LogP contribution < -0.4 is 10.9 Å². The van der Waals surface area contributed by atoms with Crippen molar-refractivity contribution in [2.75, 3.05) is 13.1 Å². The highest BCUT2D eigenvalue weighted by Gasteiger charge is 2.19. The normalized spacial score (nSPS) is 22.6. The Kier molecular flexibility index (Phi) is 5.21. The maximum absolute atomic E-state index is 11.4. The van der Waals surface area contributed by atoms with E-state index in [-0.39, 0.29) is 11.3 Å². The van der Waals surface area contributed by atoms with Crippen LogP contribution in [-0.4, -0.2) is 28.3 Å². The third-order valence-electron chi connectivity index (χ3n) is 5.00. The summed E-state index contributed by atoms with van der Waals surface area (Å²) in [4.78, 5) is 14.1. The lowest BCUT2D eigenvalue weighted by Gasteiger charge is -2.26. The second-order valence-electron chi connectivity index (χ2n) is 6.85. The van der Waals surface area contributed by atoms with Gasteiger partial charge in [0, 0.05) is 18.0 Å². The Bertz CT molecular complexity index is 748. The Labute approximate surface area is 141 Å². The number of hydrogen-bond acceptors (Lipinski definition) is 4. The van der Waals surface area contributed by atoms with Gasteiger partial charge in [-0.25, -0.2) is 0 Å². The van der Waals surface area contributed by atoms with Gasteiger partial charge < -0.3 is 20.5 Å². The Morgan fingerprint density at radius 3 is 2.71 bits per heavy atom. The van der Waals surface area contributed by atoms with Crippen molar-refractivity contribution in [3.63, 3.8) is 0 Å². The minimum absolute atomic E-state index is 0.0107. The van der Waals surface area contributed by atoms with Gasteiger partial charge in [0.1, 0.15) is 5.75 Å². The molecule has 0 saturated heterocycles. The van der Waals surface area contributed by atoms with E-state index in [4.69, 9.17) is 0 Å². The van der Waals surface area contributed by atoms with Crippen LogP contribution in [0.3, 0.4) is 0 Å². The number of aliphatic hydroxyl groups excluding tert-OH is 1. The van der Waals surface area contributed by atoms with E-state index < -0.39 is 6.10 Å². The van der Waals surface area contributed by atoms with Crippen LogP contribution >= 0.6 is 0 Å². The zero-order valence-corrected chi connectivity index (χ0v) is 13.8. The van der Waals surface area contributed by atoms with Crippen molar-refractivity contribution in [3.05, 3.63) is 47.1 Å². The van der Waals surface area contributed by atoms with Gasteiger partial charge in [0.05, 0.1) is 11.6 Å². The standard InChI is InChI=1S/C19H25N2O3/c1-12-2-4-13(5-3-12)10-20-11-17(23)14-6-8-16(22)19-15(14)7-9-18(24)21-19/h6-9,12-13,17,20,22-23H,1-5,10-11H2,(H,21,24)/t12?,13?,17-/m0/s1. The van der Waals surface area contributed by atoms with E-state index in [1.165, 1.54) is 37.8 Å². The van der Waals surface area contributed by atoms with Crippen LogP contribution in [0.2, 0.25) is 0 Å². The van der Waals surface area contributed by atoms with E-state index in [2.05, 4.69) is 17.2 Å². The second-order valence-corrected chi connectivity index (χ2v) is 6.85. The average molecular weight is 329 g/mol. The van der Waals surface area contributed by atoms with Crippen LogP contribution in [0.5, 0.6) is 5.75 Å². The number of aromatic amines is 1. The first kappa shape index (κ1) is 17.0. The molecule has 129 valence electrons. The Balaban J connectivity index is 1.65. The summed E-state index contributed by atoms with van der Waals surface area (Å²) in [5.74, 6) is 1.26. The number of H-pyrrole nitrogens is 1. The number of aromatic nitrogens is 1. The highest BCUT2D eigenvalue weighted by molar-refractivity contribution is 5.87. The molecule has 0 spiro atoms. The molecule has 3 rings (SSSR count). The van der Waals surface area contributed by atoms with E-state index in [0.717, 1.165) is 6.54 Å². The molecule has 1 aliphatic carbocycles. The van der Waals surface area contributed by atoms with Gasteiger partial charge in [-0.1, -0.05) is 25.8 Å². The van der Waals surface area contributed by atoms with E-state index in [1.807, 2.05) is 0 Å². The third-order valence-corrected chi connectivity index (χ3v) is 5.00. The summed E-state index contributed by atoms with van der Waals surface area (Å²) in [6, 6.07) is 6.26. The van der Waals surface area contributed by atoms with Crippen LogP contribution in [-0.2, 0) is 0 Å². The first-order valence-electron chi connectivity index (χ1n) is 8.61. The summed E-state index contributed by atoms with van der Waals surface area (Å²) >= 11 is 0. The predicted molar refractivity (Wildman–Crippen MR) is 94.9 cm³/mol. The van der Waals surface area contributed by atoms with Crippen LogP contribution in [0.25, 0.3) is 10.9 Å². The Hall–Kier alpha value is -1.85. The highest BCUT2D eigenvalue weighted by atomic mass is 16.3. The molecule has 0 unspecified atom stereocenters. The van der Waals surface area contributed by atoms with Gasteiger partial charge in [0.25, 0.3) is 0 Å². The SMILES string of the molecule is [CH2]C1CCC(CNC[C@H](O)c2ccc(O)c3[nH]c(=O)ccc23)CC1. The highest BCUT2D eigenvalue weighted by Crippen LogP contribution is 2.29. The van der Waals surface area contributed by atoms with Crippen molar-refractivity contribution in [2.45, 2.75) is 31.8 Å². The zero-order valence-electron chi connectivity index (χ0n) is 13.8. The van der Waals surface area contributed by atoms with E-state index in [1.54, 1.807) is 12.1 Å². The lowest BCUT2D eigenvalue weighted by atomic mass is 9.83. The maximum Gasteiger partial charge on any atom is 0.248 e. The number of pyridine rings is 1. The van der Waals surface area contributed by atoms with Crippen molar-refractivity contribution < 1.29 is 10.2 Å². The van der Waals surface area contributed by atoms with Crippen LogP contribution in [0, 0.1) is 18.8 Å². The molecule has 5 heteroatoms. The molecule has 1 atom stereocenters. The molecular formula is C19H25N2O3. The number of phenolic OH excluding ortho intramolecular Hbond substituents is 1. The Morgan fingerprint density at radius 2 is 1.96 bits per heavy atom. The molecule has 1 aromatic heterocycles. The number of rotatable bonds is 5. The van der Waals surface area contributed by atoms with Crippen LogP contribution in [0.1, 0.15) is 37.4 Å². The van der Waals surface area contributed by atoms with Gasteiger partial charge in [-0.2, -0.15) is 0 Å². The molecule has 1 heterocycles. The van der Waals surface area contributed by atoms with Gasteiger partial charge >= 0.3 is 0 Å². The summed E-state index contributed by atoms with van der Waals surface area (Å²) in [5, 5.41) is 24.4. The third kappa shape index (κ3) is 3.79. The molecule has 0 aliphatic heterocycles. The minimum Gasteiger partial charge on any atom is -0.506 e. The fourth-order valence-electron chi connectivity index (χ4n) is 3.52. The van der Waals surface area contributed by atoms with Gasteiger partial charge in [-0.15, -0.1) is 0 Å². The first-order valence-corrected chi connectivity index (χ1v) is 8.61. The molecule has 4 N–H and O–H groups in total. The van der Waals surface area contributed by atoms with Crippen molar-refractivity contribution in [3.8, 4) is 5.75 Å². The van der Waals surface area contributed by atoms with Gasteiger partial charge in [-0.05, 0) is 48.9 Å². The minimum atomic E-state index is -0.691. The molecule has 1 saturated carbocycles. The van der Waals surface area contributed by atoms with Crippen molar-refractivity contribution in [1.82, 2.24) is 10.3 Å². The largest absolute Gasteiger partial charge is 0.506 e. The molecule has 1 fully saturated rings. The lowest BCUT2D eigenvalue weighted by Crippen LogP contribution is -2.29. The number of nitrogens with one attached hydrogen (secondary N) is 2. The zero-order chi connectivity index (χ0) is 17.1. The number of fused-ring (bicyclic) bond motifs is 1. The monoisotopic (exact) mass is 329 g/mol. The fraction of sp³-hybridized carbons (Fsp3) is 0.474. The molecular weight excluding hydrogens is 304 g/mol. The molecule has 5 nitrogen and oxygen atoms in total. The smallest absolute Gasteiger partial charge is 0.248 e. The number of hydrogen-bond donors (Lipinski definition) is 4. The van der Waals surface area contributed by atoms with Crippen molar-refractivity contribution in [1.29, 1.82) is 0 Å². The van der Waals surface area contributed by atoms with E-state index in [9.17, 15) is 15.0 Å². The summed E-state index contributed by atoms with van der Waals surface area (Å²) in [5.41, 5.74) is 0.796. The number of benzene rings is 1. The van der Waals surface area contributed by atoms with Crippen molar-refractivity contribution >= 4 is 10.9 Å². The topological polar surface area (TPSA) is 85.3 Å². The second kappa shape index (κ2) is 7.36. The molecule has 1 aliphatic rings. The van der Waals surface area contributed by atoms with Gasteiger partial charge in [-0.3, -0.25) is 4.79 Å². The Morgan fingerprint density at radius 1 is 1.21 bits per heavy atom. The van der Waals surface area contributed by atoms with Crippen LogP contribution in [0.15, 0.2) is 29.1 Å². The first-order chi connectivity index (χ1) is 11.5. The van der Waals surface area contributed by atoms with E-state index in [0.29, 0.717) is 34.8 Å². The summed E-state index contributed by atoms with van der Waals surface area (Å²) < 4.78 is 0. The summed E-state index contributed by atoms with van der Waals surface area (Å²) in [6.07, 6.45) is 4.07. The maximum atomic E-state index is 11.4. The van der Waals surface area contributed by atoms with E-state index >= 15 is 0 Å². The van der Waals surface area contributed by atoms with Gasteiger partial charge in [0.15, 0.2) is 0 Å². The average Bonchev–Trinajstić information content (AvgIpc) is 2.57. The molecule has 2 aromatic rings. The summed E-state index contributed by atoms with van der Waals surface area (Å²) in [7, 11) is 0. The molecule has 1 aromatic carbocycles. The number of aliphatic hydroxyl groups is 1. The fourth-order valence-corrected chi connectivity index (χ4v) is 3.52. The molecule has 1 radical (unpaired) electrons. The molecule has 0 bridgehead atoms. The van der Waals surface area contributed by atoms with Gasteiger partial charge in [0.2, 0.25) is 5.56 Å². The predicted octanol–water partition coefficient (Wildman–Crippen LogP) is 2.50. The molecule has 0 amide bonds. The molecule has 24 heavy (non-hydrogen) atoms. The summed E-state index contributed by atoms with van der Waals surface area (Å²) in [6.45, 7) is 5.46. The quantitative estimate of drug-likeness (QED) is 0.679. The van der Waals surface area contributed by atoms with Crippen molar-refractivity contribution in [2.24, 2.45) is 11.8 Å². The lowest BCUT2D eigenvalue weighted by molar-refractivity contribution is 0.171. The van der Waals surface area contributed by atoms with Crippen LogP contribution in [0.4, 0.5) is 0 Å².